The van der Waals surface area contributed by atoms with Crippen LogP contribution in [0.25, 0.3) is 0 Å². The molecule has 1 heterocycles. The number of aromatic amines is 1. The highest BCUT2D eigenvalue weighted by molar-refractivity contribution is 6.03. The monoisotopic (exact) mass is 289 g/mol. The molecular weight excluding hydrogens is 278 g/mol. The van der Waals surface area contributed by atoms with Crippen molar-refractivity contribution in [3.8, 4) is 5.75 Å². The highest BCUT2D eigenvalue weighted by Gasteiger charge is 2.14. The van der Waals surface area contributed by atoms with Gasteiger partial charge in [-0.1, -0.05) is 6.07 Å². The van der Waals surface area contributed by atoms with E-state index in [1.807, 2.05) is 0 Å². The number of benzene rings is 1. The van der Waals surface area contributed by atoms with Gasteiger partial charge >= 0.3 is 0 Å². The Morgan fingerprint density at radius 2 is 2.10 bits per heavy atom. The van der Waals surface area contributed by atoms with Gasteiger partial charge in [-0.15, -0.1) is 0 Å². The van der Waals surface area contributed by atoms with Gasteiger partial charge in [0.2, 0.25) is 5.56 Å². The van der Waals surface area contributed by atoms with Gasteiger partial charge in [-0.2, -0.15) is 0 Å². The third-order valence-electron chi connectivity index (χ3n) is 2.66. The first-order valence-electron chi connectivity index (χ1n) is 5.84. The molecule has 108 valence electrons. The average molecular weight is 289 g/mol. The first kappa shape index (κ1) is 14.3. The van der Waals surface area contributed by atoms with Gasteiger partial charge < -0.3 is 15.0 Å². The number of anilines is 1. The summed E-state index contributed by atoms with van der Waals surface area (Å²) in [7, 11) is 1.38. The minimum absolute atomic E-state index is 0.0380. The third-order valence-corrected chi connectivity index (χ3v) is 2.66. The SMILES string of the molecule is COc1ccc([N+](=O)[O-])cc1NC(=O)c1cccc(=O)[nH]1. The number of carbonyl (C=O) groups excluding carboxylic acids is 1. The Bertz CT molecular complexity index is 753. The molecule has 0 fully saturated rings. The number of H-pyrrole nitrogens is 1. The molecule has 1 aromatic carbocycles. The number of rotatable bonds is 4. The Kier molecular flexibility index (Phi) is 3.98. The number of carbonyl (C=O) groups is 1. The van der Waals surface area contributed by atoms with Crippen LogP contribution in [-0.4, -0.2) is 22.9 Å². The second-order valence-corrected chi connectivity index (χ2v) is 4.02. The first-order valence-corrected chi connectivity index (χ1v) is 5.84. The van der Waals surface area contributed by atoms with Gasteiger partial charge in [0.1, 0.15) is 11.4 Å². The molecule has 0 bridgehead atoms. The smallest absolute Gasteiger partial charge is 0.272 e. The number of amides is 1. The molecule has 1 amide bonds. The van der Waals surface area contributed by atoms with E-state index in [1.54, 1.807) is 0 Å². The fourth-order valence-electron chi connectivity index (χ4n) is 1.68. The molecule has 2 N–H and O–H groups in total. The molecule has 0 saturated heterocycles. The summed E-state index contributed by atoms with van der Waals surface area (Å²) < 4.78 is 5.03. The summed E-state index contributed by atoms with van der Waals surface area (Å²) in [5.41, 5.74) is -0.432. The van der Waals surface area contributed by atoms with Crippen LogP contribution in [0.2, 0.25) is 0 Å². The average Bonchev–Trinajstić information content (AvgIpc) is 2.47. The van der Waals surface area contributed by atoms with E-state index in [0.29, 0.717) is 0 Å². The molecule has 2 rings (SSSR count). The summed E-state index contributed by atoms with van der Waals surface area (Å²) >= 11 is 0. The molecule has 1 aromatic heterocycles. The summed E-state index contributed by atoms with van der Waals surface area (Å²) in [5, 5.41) is 13.2. The van der Waals surface area contributed by atoms with Crippen LogP contribution in [-0.2, 0) is 0 Å². The number of nitro benzene ring substituents is 1. The van der Waals surface area contributed by atoms with Gasteiger partial charge in [-0.25, -0.2) is 0 Å². The van der Waals surface area contributed by atoms with Gasteiger partial charge in [-0.05, 0) is 12.1 Å². The second kappa shape index (κ2) is 5.87. The summed E-state index contributed by atoms with van der Waals surface area (Å²) in [6, 6.07) is 7.93. The number of nitro groups is 1. The van der Waals surface area contributed by atoms with Crippen molar-refractivity contribution in [2.75, 3.05) is 12.4 Å². The Morgan fingerprint density at radius 3 is 2.71 bits per heavy atom. The summed E-state index contributed by atoms with van der Waals surface area (Å²) in [5.74, 6) is -0.335. The normalized spacial score (nSPS) is 9.95. The lowest BCUT2D eigenvalue weighted by Crippen LogP contribution is -2.18. The number of pyridine rings is 1. The van der Waals surface area contributed by atoms with E-state index in [2.05, 4.69) is 10.3 Å². The summed E-state index contributed by atoms with van der Waals surface area (Å²) in [6.45, 7) is 0. The fourth-order valence-corrected chi connectivity index (χ4v) is 1.68. The Hall–Kier alpha value is -3.16. The lowest BCUT2D eigenvalue weighted by Gasteiger charge is -2.09. The fraction of sp³-hybridized carbons (Fsp3) is 0.0769. The molecule has 8 nitrogen and oxygen atoms in total. The number of hydrogen-bond acceptors (Lipinski definition) is 5. The Balaban J connectivity index is 2.33. The van der Waals surface area contributed by atoms with E-state index in [9.17, 15) is 19.7 Å². The maximum Gasteiger partial charge on any atom is 0.272 e. The number of methoxy groups -OCH3 is 1. The van der Waals surface area contributed by atoms with Crippen molar-refractivity contribution >= 4 is 17.3 Å². The number of nitrogens with zero attached hydrogens (tertiary/aromatic N) is 1. The minimum atomic E-state index is -0.605. The van der Waals surface area contributed by atoms with Gasteiger partial charge in [0.25, 0.3) is 11.6 Å². The topological polar surface area (TPSA) is 114 Å². The van der Waals surface area contributed by atoms with Crippen LogP contribution in [0.4, 0.5) is 11.4 Å². The van der Waals surface area contributed by atoms with Crippen molar-refractivity contribution < 1.29 is 14.5 Å². The number of hydrogen-bond donors (Lipinski definition) is 2. The Morgan fingerprint density at radius 1 is 1.33 bits per heavy atom. The lowest BCUT2D eigenvalue weighted by atomic mass is 10.2. The van der Waals surface area contributed by atoms with E-state index in [0.717, 1.165) is 0 Å². The van der Waals surface area contributed by atoms with Crippen LogP contribution in [0, 0.1) is 10.1 Å². The van der Waals surface area contributed by atoms with Crippen LogP contribution in [0.5, 0.6) is 5.75 Å². The molecular formula is C13H11N3O5. The zero-order valence-electron chi connectivity index (χ0n) is 11.0. The third kappa shape index (κ3) is 3.24. The number of non-ortho nitro benzene ring substituents is 1. The molecule has 0 atom stereocenters. The van der Waals surface area contributed by atoms with E-state index in [4.69, 9.17) is 4.74 Å². The lowest BCUT2D eigenvalue weighted by molar-refractivity contribution is -0.384. The largest absolute Gasteiger partial charge is 0.495 e. The van der Waals surface area contributed by atoms with E-state index >= 15 is 0 Å². The molecule has 0 aliphatic rings. The van der Waals surface area contributed by atoms with Crippen molar-refractivity contribution in [3.05, 3.63) is 62.6 Å². The number of ether oxygens (including phenoxy) is 1. The van der Waals surface area contributed by atoms with E-state index in [1.165, 1.54) is 43.5 Å². The maximum atomic E-state index is 12.0. The molecule has 0 saturated carbocycles. The van der Waals surface area contributed by atoms with Gasteiger partial charge in [0.05, 0.1) is 17.7 Å². The summed E-state index contributed by atoms with van der Waals surface area (Å²) in [6.07, 6.45) is 0. The molecule has 8 heteroatoms. The van der Waals surface area contributed by atoms with Crippen LogP contribution in [0.1, 0.15) is 10.5 Å². The van der Waals surface area contributed by atoms with Crippen molar-refractivity contribution in [3.63, 3.8) is 0 Å². The molecule has 2 aromatic rings. The zero-order valence-corrected chi connectivity index (χ0v) is 11.0. The predicted molar refractivity (Wildman–Crippen MR) is 74.7 cm³/mol. The minimum Gasteiger partial charge on any atom is -0.495 e. The molecule has 0 unspecified atom stereocenters. The highest BCUT2D eigenvalue weighted by atomic mass is 16.6. The van der Waals surface area contributed by atoms with E-state index in [-0.39, 0.29) is 22.8 Å². The molecule has 0 spiro atoms. The highest BCUT2D eigenvalue weighted by Crippen LogP contribution is 2.29. The van der Waals surface area contributed by atoms with Crippen molar-refractivity contribution in [2.45, 2.75) is 0 Å². The number of aromatic nitrogens is 1. The van der Waals surface area contributed by atoms with Crippen LogP contribution in [0.15, 0.2) is 41.2 Å². The van der Waals surface area contributed by atoms with Crippen molar-refractivity contribution in [2.24, 2.45) is 0 Å². The van der Waals surface area contributed by atoms with Gasteiger partial charge in [0, 0.05) is 18.2 Å². The first-order chi connectivity index (χ1) is 10.0. The zero-order chi connectivity index (χ0) is 15.4. The molecule has 0 aliphatic carbocycles. The van der Waals surface area contributed by atoms with E-state index < -0.39 is 16.4 Å². The standard InChI is InChI=1S/C13H11N3O5/c1-21-11-6-5-8(16(19)20)7-10(11)15-13(18)9-3-2-4-12(17)14-9/h2-7H,1H3,(H,14,17)(H,15,18). The van der Waals surface area contributed by atoms with Crippen molar-refractivity contribution in [1.29, 1.82) is 0 Å². The Labute approximate surface area is 118 Å². The van der Waals surface area contributed by atoms with Crippen molar-refractivity contribution in [1.82, 2.24) is 4.98 Å². The number of nitrogens with one attached hydrogen (secondary N) is 2. The predicted octanol–water partition coefficient (Wildman–Crippen LogP) is 1.54. The summed E-state index contributed by atoms with van der Waals surface area (Å²) in [4.78, 5) is 35.7. The molecule has 0 aliphatic heterocycles. The van der Waals surface area contributed by atoms with Gasteiger partial charge in [-0.3, -0.25) is 19.7 Å². The molecule has 0 radical (unpaired) electrons. The van der Waals surface area contributed by atoms with Gasteiger partial charge in [0.15, 0.2) is 0 Å². The maximum absolute atomic E-state index is 12.0. The second-order valence-electron chi connectivity index (χ2n) is 4.02. The molecule has 21 heavy (non-hydrogen) atoms. The van der Waals surface area contributed by atoms with Crippen LogP contribution < -0.4 is 15.6 Å². The van der Waals surface area contributed by atoms with Crippen LogP contribution in [0.3, 0.4) is 0 Å². The quantitative estimate of drug-likeness (QED) is 0.654. The van der Waals surface area contributed by atoms with Crippen LogP contribution >= 0.6 is 0 Å².